The fraction of sp³-hybridized carbons (Fsp3) is 0.154. The standard InChI is InChI=1S/C26H22BrFN6O2/c27-18-4-8-20(9-5-18)34-14-21(25(31-34)17-2-6-19(28)7-3-17)26-33(24(35)15-36-26)12-11-16-1-10-22-23(13-16)30-32-29-22/h1-10,13-14,26,29-30,32H,11-12,15H2. The molecule has 0 radical (unpaired) electrons. The van der Waals surface area contributed by atoms with Gasteiger partial charge < -0.3 is 20.5 Å². The number of amides is 1. The molecule has 1 aromatic heterocycles. The number of ether oxygens (including phenoxy) is 1. The van der Waals surface area contributed by atoms with Gasteiger partial charge in [0.1, 0.15) is 18.1 Å². The van der Waals surface area contributed by atoms with Crippen LogP contribution in [0.15, 0.2) is 77.4 Å². The van der Waals surface area contributed by atoms with Crippen LogP contribution >= 0.6 is 15.9 Å². The summed E-state index contributed by atoms with van der Waals surface area (Å²) >= 11 is 3.46. The predicted octanol–water partition coefficient (Wildman–Crippen LogP) is 4.80. The van der Waals surface area contributed by atoms with E-state index in [2.05, 4.69) is 32.3 Å². The lowest BCUT2D eigenvalue weighted by atomic mass is 10.1. The second-order valence-electron chi connectivity index (χ2n) is 8.62. The van der Waals surface area contributed by atoms with Gasteiger partial charge in [0, 0.05) is 28.3 Å². The lowest BCUT2D eigenvalue weighted by molar-refractivity contribution is -0.128. The van der Waals surface area contributed by atoms with Crippen LogP contribution < -0.4 is 16.4 Å². The van der Waals surface area contributed by atoms with Crippen LogP contribution in [0.1, 0.15) is 17.4 Å². The van der Waals surface area contributed by atoms with Crippen molar-refractivity contribution >= 4 is 33.2 Å². The number of carbonyl (C=O) groups excluding carboxylic acids is 1. The predicted molar refractivity (Wildman–Crippen MR) is 138 cm³/mol. The molecule has 0 aliphatic carbocycles. The number of rotatable bonds is 6. The first-order chi connectivity index (χ1) is 17.5. The maximum Gasteiger partial charge on any atom is 0.250 e. The summed E-state index contributed by atoms with van der Waals surface area (Å²) in [5.41, 5.74) is 15.0. The van der Waals surface area contributed by atoms with Crippen molar-refractivity contribution in [3.63, 3.8) is 0 Å². The van der Waals surface area contributed by atoms with Gasteiger partial charge in [-0.2, -0.15) is 5.10 Å². The van der Waals surface area contributed by atoms with Gasteiger partial charge in [-0.25, -0.2) is 9.07 Å². The molecule has 1 atom stereocenters. The number of benzene rings is 3. The Kier molecular flexibility index (Phi) is 5.92. The maximum atomic E-state index is 13.6. The maximum absolute atomic E-state index is 13.6. The number of hydrogen-bond donors (Lipinski definition) is 3. The summed E-state index contributed by atoms with van der Waals surface area (Å²) in [7, 11) is 0. The minimum absolute atomic E-state index is 0.00340. The molecule has 0 spiro atoms. The first kappa shape index (κ1) is 22.7. The molecule has 0 saturated carbocycles. The fourth-order valence-electron chi connectivity index (χ4n) is 4.45. The number of hydrogen-bond acceptors (Lipinski definition) is 6. The van der Waals surface area contributed by atoms with Gasteiger partial charge in [-0.15, -0.1) is 5.53 Å². The highest BCUT2D eigenvalue weighted by Gasteiger charge is 2.36. The SMILES string of the molecule is O=C1COC(c2cn(-c3ccc(Br)cc3)nc2-c2ccc(F)cc2)N1CCc1ccc2c(c1)NNN2. The van der Waals surface area contributed by atoms with Gasteiger partial charge in [-0.1, -0.05) is 22.0 Å². The summed E-state index contributed by atoms with van der Waals surface area (Å²) in [5, 5.41) is 4.81. The largest absolute Gasteiger partial charge is 0.344 e. The molecule has 1 unspecified atom stereocenters. The van der Waals surface area contributed by atoms with Crippen molar-refractivity contribution in [2.24, 2.45) is 0 Å². The third-order valence-electron chi connectivity index (χ3n) is 6.31. The van der Waals surface area contributed by atoms with Gasteiger partial charge in [0.05, 0.1) is 17.1 Å². The molecule has 1 fully saturated rings. The molecule has 2 aliphatic rings. The highest BCUT2D eigenvalue weighted by molar-refractivity contribution is 9.10. The molecule has 1 saturated heterocycles. The topological polar surface area (TPSA) is 83.5 Å². The van der Waals surface area contributed by atoms with Gasteiger partial charge in [0.15, 0.2) is 6.23 Å². The Labute approximate surface area is 215 Å². The molecule has 8 nitrogen and oxygen atoms in total. The summed E-state index contributed by atoms with van der Waals surface area (Å²) in [4.78, 5) is 14.6. The van der Waals surface area contributed by atoms with Crippen LogP contribution in [0, 0.1) is 5.82 Å². The molecule has 1 amide bonds. The van der Waals surface area contributed by atoms with E-state index in [1.165, 1.54) is 12.1 Å². The van der Waals surface area contributed by atoms with Crippen molar-refractivity contribution in [3.8, 4) is 16.9 Å². The third-order valence-corrected chi connectivity index (χ3v) is 6.83. The van der Waals surface area contributed by atoms with E-state index in [1.54, 1.807) is 21.7 Å². The summed E-state index contributed by atoms with van der Waals surface area (Å²) < 4.78 is 22.4. The summed E-state index contributed by atoms with van der Waals surface area (Å²) in [6, 6.07) is 20.0. The van der Waals surface area contributed by atoms with Crippen LogP contribution in [0.5, 0.6) is 0 Å². The Morgan fingerprint density at radius 1 is 1.03 bits per heavy atom. The Bertz CT molecular complexity index is 1420. The first-order valence-electron chi connectivity index (χ1n) is 11.5. The Morgan fingerprint density at radius 3 is 2.61 bits per heavy atom. The molecular formula is C26H22BrFN6O2. The zero-order chi connectivity index (χ0) is 24.6. The van der Waals surface area contributed by atoms with Crippen molar-refractivity contribution in [2.45, 2.75) is 12.6 Å². The Hall–Kier alpha value is -3.73. The first-order valence-corrected chi connectivity index (χ1v) is 12.3. The lowest BCUT2D eigenvalue weighted by Gasteiger charge is -2.23. The molecular weight excluding hydrogens is 527 g/mol. The number of anilines is 2. The highest BCUT2D eigenvalue weighted by Crippen LogP contribution is 2.36. The zero-order valence-corrected chi connectivity index (χ0v) is 20.6. The van der Waals surface area contributed by atoms with E-state index < -0.39 is 6.23 Å². The van der Waals surface area contributed by atoms with Crippen LogP contribution in [0.25, 0.3) is 16.9 Å². The monoisotopic (exact) mass is 548 g/mol. The minimum atomic E-state index is -0.599. The molecule has 3 N–H and O–H groups in total. The van der Waals surface area contributed by atoms with E-state index in [9.17, 15) is 9.18 Å². The fourth-order valence-corrected chi connectivity index (χ4v) is 4.72. The van der Waals surface area contributed by atoms with Gasteiger partial charge in [-0.05, 0) is 72.6 Å². The van der Waals surface area contributed by atoms with Crippen LogP contribution in [0.4, 0.5) is 15.8 Å². The van der Waals surface area contributed by atoms with E-state index in [4.69, 9.17) is 9.84 Å². The number of aromatic nitrogens is 2. The molecule has 36 heavy (non-hydrogen) atoms. The van der Waals surface area contributed by atoms with Crippen molar-refractivity contribution < 1.29 is 13.9 Å². The average Bonchev–Trinajstić information content (AvgIpc) is 3.62. The minimum Gasteiger partial charge on any atom is -0.344 e. The molecule has 3 aromatic carbocycles. The zero-order valence-electron chi connectivity index (χ0n) is 19.0. The number of nitrogens with zero attached hydrogens (tertiary/aromatic N) is 3. The Balaban J connectivity index is 1.33. The summed E-state index contributed by atoms with van der Waals surface area (Å²) in [5.74, 6) is -0.403. The number of carbonyl (C=O) groups is 1. The second kappa shape index (κ2) is 9.38. The Morgan fingerprint density at radius 2 is 1.81 bits per heavy atom. The summed E-state index contributed by atoms with van der Waals surface area (Å²) in [6.07, 6.45) is 1.94. The van der Waals surface area contributed by atoms with Crippen molar-refractivity contribution in [1.82, 2.24) is 20.2 Å². The molecule has 4 aromatic rings. The number of fused-ring (bicyclic) bond motifs is 1. The van der Waals surface area contributed by atoms with Gasteiger partial charge in [0.2, 0.25) is 0 Å². The van der Waals surface area contributed by atoms with E-state index >= 15 is 0 Å². The van der Waals surface area contributed by atoms with Crippen molar-refractivity contribution in [3.05, 3.63) is 94.3 Å². The van der Waals surface area contributed by atoms with E-state index in [0.29, 0.717) is 18.7 Å². The molecule has 6 rings (SSSR count). The second-order valence-corrected chi connectivity index (χ2v) is 9.53. The third kappa shape index (κ3) is 4.34. The molecule has 182 valence electrons. The highest BCUT2D eigenvalue weighted by atomic mass is 79.9. The van der Waals surface area contributed by atoms with Crippen LogP contribution in [-0.4, -0.2) is 33.7 Å². The molecule has 3 heterocycles. The average molecular weight is 549 g/mol. The summed E-state index contributed by atoms with van der Waals surface area (Å²) in [6.45, 7) is 0.478. The quantitative estimate of drug-likeness (QED) is 0.321. The molecule has 0 bridgehead atoms. The lowest BCUT2D eigenvalue weighted by Crippen LogP contribution is -2.30. The number of nitrogens with one attached hydrogen (secondary N) is 3. The van der Waals surface area contributed by atoms with Gasteiger partial charge >= 0.3 is 0 Å². The normalized spacial score (nSPS) is 16.7. The van der Waals surface area contributed by atoms with Crippen molar-refractivity contribution in [2.75, 3.05) is 24.0 Å². The van der Waals surface area contributed by atoms with Crippen LogP contribution in [0.3, 0.4) is 0 Å². The number of halogens is 2. The van der Waals surface area contributed by atoms with Gasteiger partial charge in [0.25, 0.3) is 5.91 Å². The van der Waals surface area contributed by atoms with Crippen LogP contribution in [-0.2, 0) is 16.0 Å². The van der Waals surface area contributed by atoms with Crippen molar-refractivity contribution in [1.29, 1.82) is 0 Å². The van der Waals surface area contributed by atoms with Gasteiger partial charge in [-0.3, -0.25) is 4.79 Å². The molecule has 2 aliphatic heterocycles. The van der Waals surface area contributed by atoms with E-state index in [0.717, 1.165) is 38.2 Å². The van der Waals surface area contributed by atoms with E-state index in [-0.39, 0.29) is 18.3 Å². The number of hydrazine groups is 2. The smallest absolute Gasteiger partial charge is 0.250 e. The van der Waals surface area contributed by atoms with Crippen LogP contribution in [0.2, 0.25) is 0 Å². The van der Waals surface area contributed by atoms with E-state index in [1.807, 2.05) is 48.7 Å². The molecule has 10 heteroatoms.